The van der Waals surface area contributed by atoms with E-state index in [0.717, 1.165) is 12.8 Å². The van der Waals surface area contributed by atoms with Gasteiger partial charge in [0, 0.05) is 11.7 Å². The molecule has 5 nitrogen and oxygen atoms in total. The average Bonchev–Trinajstić information content (AvgIpc) is 2.68. The molecule has 0 unspecified atom stereocenters. The number of nitrogens with one attached hydrogen (secondary N) is 2. The number of aromatic amines is 1. The molecule has 5 heteroatoms. The van der Waals surface area contributed by atoms with E-state index in [1.807, 2.05) is 0 Å². The Morgan fingerprint density at radius 1 is 1.20 bits per heavy atom. The van der Waals surface area contributed by atoms with E-state index < -0.39 is 0 Å². The number of hydrogen-bond donors (Lipinski definition) is 3. The minimum absolute atomic E-state index is 0.140. The molecule has 106 valence electrons. The summed E-state index contributed by atoms with van der Waals surface area (Å²) in [5.41, 5.74) is 6.82. The number of anilines is 2. The number of benzene rings is 1. The fourth-order valence-electron chi connectivity index (χ4n) is 2.84. The maximum atomic E-state index is 12.1. The molecule has 20 heavy (non-hydrogen) atoms. The molecule has 1 heterocycles. The molecule has 3 rings (SSSR count). The maximum Gasteiger partial charge on any atom is 0.260 e. The van der Waals surface area contributed by atoms with Crippen LogP contribution in [0.3, 0.4) is 0 Å². The van der Waals surface area contributed by atoms with Crippen molar-refractivity contribution in [2.24, 2.45) is 0 Å². The van der Waals surface area contributed by atoms with Crippen molar-refractivity contribution in [3.05, 3.63) is 28.6 Å². The van der Waals surface area contributed by atoms with Crippen LogP contribution < -0.4 is 16.6 Å². The molecule has 1 aliphatic carbocycles. The van der Waals surface area contributed by atoms with E-state index in [4.69, 9.17) is 5.73 Å². The Bertz CT molecular complexity index is 656. The lowest BCUT2D eigenvalue weighted by Crippen LogP contribution is -2.22. The molecule has 1 fully saturated rings. The number of nitrogens with two attached hydrogens (primary N) is 1. The van der Waals surface area contributed by atoms with E-state index in [1.54, 1.807) is 18.2 Å². The van der Waals surface area contributed by atoms with Crippen LogP contribution in [-0.4, -0.2) is 16.0 Å². The second-order valence-corrected chi connectivity index (χ2v) is 5.52. The highest BCUT2D eigenvalue weighted by atomic mass is 16.1. The number of nitrogen functional groups attached to an aromatic ring is 1. The van der Waals surface area contributed by atoms with Crippen LogP contribution in [0.2, 0.25) is 0 Å². The third-order valence-corrected chi connectivity index (χ3v) is 3.93. The van der Waals surface area contributed by atoms with Crippen molar-refractivity contribution in [2.75, 3.05) is 11.1 Å². The molecule has 4 N–H and O–H groups in total. The molecule has 1 aromatic heterocycles. The summed E-state index contributed by atoms with van der Waals surface area (Å²) in [4.78, 5) is 19.4. The summed E-state index contributed by atoms with van der Waals surface area (Å²) in [6, 6.07) is 5.63. The first-order valence-corrected chi connectivity index (χ1v) is 7.28. The fourth-order valence-corrected chi connectivity index (χ4v) is 2.84. The highest BCUT2D eigenvalue weighted by Crippen LogP contribution is 2.20. The molecule has 2 aromatic rings. The van der Waals surface area contributed by atoms with Crippen molar-refractivity contribution in [3.8, 4) is 0 Å². The van der Waals surface area contributed by atoms with E-state index >= 15 is 0 Å². The Hall–Kier alpha value is -2.04. The van der Waals surface area contributed by atoms with Gasteiger partial charge in [0.2, 0.25) is 5.95 Å². The van der Waals surface area contributed by atoms with Crippen molar-refractivity contribution >= 4 is 22.5 Å². The molecule has 1 saturated carbocycles. The smallest absolute Gasteiger partial charge is 0.260 e. The van der Waals surface area contributed by atoms with Crippen LogP contribution in [0.25, 0.3) is 10.9 Å². The second-order valence-electron chi connectivity index (χ2n) is 5.52. The quantitative estimate of drug-likeness (QED) is 0.579. The van der Waals surface area contributed by atoms with E-state index in [9.17, 15) is 4.79 Å². The highest BCUT2D eigenvalue weighted by molar-refractivity contribution is 5.81. The molecule has 0 amide bonds. The summed E-state index contributed by atoms with van der Waals surface area (Å²) < 4.78 is 0. The minimum atomic E-state index is -0.140. The predicted molar refractivity (Wildman–Crippen MR) is 81.9 cm³/mol. The summed E-state index contributed by atoms with van der Waals surface area (Å²) in [7, 11) is 0. The first kappa shape index (κ1) is 13.0. The van der Waals surface area contributed by atoms with Crippen molar-refractivity contribution in [1.82, 2.24) is 9.97 Å². The van der Waals surface area contributed by atoms with E-state index in [2.05, 4.69) is 15.3 Å². The van der Waals surface area contributed by atoms with Gasteiger partial charge in [0.25, 0.3) is 5.56 Å². The van der Waals surface area contributed by atoms with Gasteiger partial charge in [-0.25, -0.2) is 4.98 Å². The van der Waals surface area contributed by atoms with E-state index in [-0.39, 0.29) is 5.56 Å². The van der Waals surface area contributed by atoms with E-state index in [0.29, 0.717) is 28.6 Å². The van der Waals surface area contributed by atoms with Crippen LogP contribution in [0.1, 0.15) is 38.5 Å². The summed E-state index contributed by atoms with van der Waals surface area (Å²) in [6.45, 7) is 0. The number of hydrogen-bond acceptors (Lipinski definition) is 4. The third-order valence-electron chi connectivity index (χ3n) is 3.93. The van der Waals surface area contributed by atoms with Crippen molar-refractivity contribution in [2.45, 2.75) is 44.6 Å². The molecular weight excluding hydrogens is 252 g/mol. The zero-order valence-corrected chi connectivity index (χ0v) is 11.5. The van der Waals surface area contributed by atoms with Gasteiger partial charge >= 0.3 is 0 Å². The Morgan fingerprint density at radius 3 is 2.70 bits per heavy atom. The molecule has 0 radical (unpaired) electrons. The monoisotopic (exact) mass is 272 g/mol. The Kier molecular flexibility index (Phi) is 3.58. The van der Waals surface area contributed by atoms with Crippen LogP contribution >= 0.6 is 0 Å². The van der Waals surface area contributed by atoms with Gasteiger partial charge in [-0.2, -0.15) is 0 Å². The highest BCUT2D eigenvalue weighted by Gasteiger charge is 2.13. The van der Waals surface area contributed by atoms with Crippen molar-refractivity contribution < 1.29 is 0 Å². The van der Waals surface area contributed by atoms with Gasteiger partial charge in [-0.1, -0.05) is 25.7 Å². The topological polar surface area (TPSA) is 83.8 Å². The van der Waals surface area contributed by atoms with Gasteiger partial charge < -0.3 is 11.1 Å². The second kappa shape index (κ2) is 5.53. The number of nitrogens with zero attached hydrogens (tertiary/aromatic N) is 1. The lowest BCUT2D eigenvalue weighted by Gasteiger charge is -2.16. The molecule has 0 spiro atoms. The molecule has 1 aromatic carbocycles. The largest absolute Gasteiger partial charge is 0.399 e. The van der Waals surface area contributed by atoms with Crippen LogP contribution in [-0.2, 0) is 0 Å². The van der Waals surface area contributed by atoms with E-state index in [1.165, 1.54) is 25.7 Å². The Balaban J connectivity index is 1.88. The number of aromatic nitrogens is 2. The fraction of sp³-hybridized carbons (Fsp3) is 0.467. The average molecular weight is 272 g/mol. The van der Waals surface area contributed by atoms with Crippen LogP contribution in [0.15, 0.2) is 23.0 Å². The zero-order valence-electron chi connectivity index (χ0n) is 11.5. The summed E-state index contributed by atoms with van der Waals surface area (Å²) >= 11 is 0. The third kappa shape index (κ3) is 2.76. The molecule has 0 atom stereocenters. The van der Waals surface area contributed by atoms with Crippen molar-refractivity contribution in [3.63, 3.8) is 0 Å². The Labute approximate surface area is 117 Å². The van der Waals surface area contributed by atoms with Crippen LogP contribution in [0.4, 0.5) is 11.6 Å². The lowest BCUT2D eigenvalue weighted by atomic mass is 10.1. The Morgan fingerprint density at radius 2 is 1.95 bits per heavy atom. The normalized spacial score (nSPS) is 17.0. The van der Waals surface area contributed by atoms with Gasteiger partial charge in [-0.3, -0.25) is 9.78 Å². The maximum absolute atomic E-state index is 12.1. The van der Waals surface area contributed by atoms with Gasteiger partial charge in [0.1, 0.15) is 0 Å². The standard InChI is InChI=1S/C15H20N4O/c16-10-7-8-13-12(9-10)14(20)19-15(18-13)17-11-5-3-1-2-4-6-11/h7-9,11H,1-6,16H2,(H2,17,18,19,20). The van der Waals surface area contributed by atoms with Crippen LogP contribution in [0.5, 0.6) is 0 Å². The lowest BCUT2D eigenvalue weighted by molar-refractivity contribution is 0.615. The number of rotatable bonds is 2. The van der Waals surface area contributed by atoms with Gasteiger partial charge in [0.05, 0.1) is 10.9 Å². The van der Waals surface area contributed by atoms with Crippen LogP contribution in [0, 0.1) is 0 Å². The van der Waals surface area contributed by atoms with Gasteiger partial charge in [-0.05, 0) is 31.0 Å². The summed E-state index contributed by atoms with van der Waals surface area (Å²) in [6.07, 6.45) is 7.38. The molecule has 0 aliphatic heterocycles. The molecule has 0 bridgehead atoms. The molecular formula is C15H20N4O. The first-order chi connectivity index (χ1) is 9.72. The van der Waals surface area contributed by atoms with Crippen molar-refractivity contribution in [1.29, 1.82) is 0 Å². The van der Waals surface area contributed by atoms with Gasteiger partial charge in [0.15, 0.2) is 0 Å². The first-order valence-electron chi connectivity index (χ1n) is 7.28. The SMILES string of the molecule is Nc1ccc2nc(NC3CCCCCC3)[nH]c(=O)c2c1. The van der Waals surface area contributed by atoms with Gasteiger partial charge in [-0.15, -0.1) is 0 Å². The zero-order chi connectivity index (χ0) is 13.9. The molecule has 0 saturated heterocycles. The summed E-state index contributed by atoms with van der Waals surface area (Å²) in [5.74, 6) is 0.569. The predicted octanol–water partition coefficient (Wildman–Crippen LogP) is 2.64. The number of fused-ring (bicyclic) bond motifs is 1. The minimum Gasteiger partial charge on any atom is -0.399 e. The molecule has 1 aliphatic rings. The number of H-pyrrole nitrogens is 1. The summed E-state index contributed by atoms with van der Waals surface area (Å²) in [5, 5.41) is 3.91.